The van der Waals surface area contributed by atoms with Gasteiger partial charge in [0.15, 0.2) is 0 Å². The van der Waals surface area contributed by atoms with Gasteiger partial charge in [0.05, 0.1) is 0 Å². The Morgan fingerprint density at radius 3 is 2.12 bits per heavy atom. The van der Waals surface area contributed by atoms with Crippen LogP contribution in [0.2, 0.25) is 0 Å². The molecular formula is C25H34Hf-2. The zero-order valence-corrected chi connectivity index (χ0v) is 21.3. The Balaban J connectivity index is 0.000000270. The predicted octanol–water partition coefficient (Wildman–Crippen LogP) is 7.68. The summed E-state index contributed by atoms with van der Waals surface area (Å²) >= 11 is 0. The van der Waals surface area contributed by atoms with Crippen LogP contribution in [0.3, 0.4) is 0 Å². The summed E-state index contributed by atoms with van der Waals surface area (Å²) in [6.07, 6.45) is 12.0. The number of fused-ring (bicyclic) bond motifs is 1. The van der Waals surface area contributed by atoms with Crippen molar-refractivity contribution in [2.75, 3.05) is 0 Å². The third kappa shape index (κ3) is 5.18. The van der Waals surface area contributed by atoms with Gasteiger partial charge in [0, 0.05) is 25.8 Å². The summed E-state index contributed by atoms with van der Waals surface area (Å²) in [5.41, 5.74) is 8.80. The van der Waals surface area contributed by atoms with Crippen molar-refractivity contribution in [3.63, 3.8) is 0 Å². The van der Waals surface area contributed by atoms with Gasteiger partial charge in [0.2, 0.25) is 0 Å². The van der Waals surface area contributed by atoms with E-state index in [4.69, 9.17) is 0 Å². The van der Waals surface area contributed by atoms with Gasteiger partial charge in [-0.2, -0.15) is 16.7 Å². The van der Waals surface area contributed by atoms with Crippen molar-refractivity contribution in [1.82, 2.24) is 0 Å². The van der Waals surface area contributed by atoms with Crippen molar-refractivity contribution in [2.24, 2.45) is 5.41 Å². The standard InChI is InChI=1S/C15H19.C10H15.Hf/c1-3-7-12-11-13(8-4-2)15-10-6-5-9-14(12)15;1-7-6-10(4,5)9(3)8(7)2;/h5-6,9-10,12H,3-4,7-8H2,1-2H3;1-5H3;/q2*-1;. The van der Waals surface area contributed by atoms with Crippen molar-refractivity contribution < 1.29 is 25.8 Å². The van der Waals surface area contributed by atoms with Gasteiger partial charge in [-0.25, -0.2) is 11.1 Å². The van der Waals surface area contributed by atoms with Crippen LogP contribution in [0.25, 0.3) is 5.57 Å². The van der Waals surface area contributed by atoms with Crippen LogP contribution in [-0.2, 0) is 25.8 Å². The van der Waals surface area contributed by atoms with Gasteiger partial charge in [0.1, 0.15) is 0 Å². The molecule has 1 unspecified atom stereocenters. The van der Waals surface area contributed by atoms with Gasteiger partial charge in [-0.15, -0.1) is 18.6 Å². The molecule has 0 saturated heterocycles. The van der Waals surface area contributed by atoms with E-state index in [0.29, 0.717) is 5.92 Å². The molecule has 1 heteroatoms. The Labute approximate surface area is 180 Å². The largest absolute Gasteiger partial charge is 0.265 e. The number of benzene rings is 1. The Bertz CT molecular complexity index is 701. The zero-order chi connectivity index (χ0) is 18.6. The molecule has 140 valence electrons. The Morgan fingerprint density at radius 1 is 1.00 bits per heavy atom. The number of rotatable bonds is 4. The van der Waals surface area contributed by atoms with Crippen LogP contribution in [0.1, 0.15) is 91.2 Å². The second kappa shape index (κ2) is 10.0. The molecule has 0 N–H and O–H groups in total. The van der Waals surface area contributed by atoms with Crippen LogP contribution < -0.4 is 0 Å². The maximum Gasteiger partial charge on any atom is 0 e. The molecule has 0 heterocycles. The average molecular weight is 513 g/mol. The molecule has 2 aliphatic carbocycles. The molecule has 3 rings (SSSR count). The van der Waals surface area contributed by atoms with Crippen molar-refractivity contribution in [1.29, 1.82) is 0 Å². The van der Waals surface area contributed by atoms with E-state index in [1.807, 2.05) is 0 Å². The van der Waals surface area contributed by atoms with Gasteiger partial charge >= 0.3 is 0 Å². The van der Waals surface area contributed by atoms with E-state index < -0.39 is 0 Å². The smallest absolute Gasteiger partial charge is 0 e. The van der Waals surface area contributed by atoms with Crippen LogP contribution in [0.5, 0.6) is 0 Å². The molecule has 0 amide bonds. The normalized spacial score (nSPS) is 19.9. The monoisotopic (exact) mass is 514 g/mol. The number of hydrogen-bond donors (Lipinski definition) is 0. The quantitative estimate of drug-likeness (QED) is 0.286. The molecule has 1 atom stereocenters. The second-order valence-electron chi connectivity index (χ2n) is 7.93. The van der Waals surface area contributed by atoms with Crippen LogP contribution in [0.4, 0.5) is 0 Å². The molecule has 0 aromatic heterocycles. The Kier molecular flexibility index (Phi) is 9.00. The molecule has 0 spiro atoms. The van der Waals surface area contributed by atoms with E-state index in [-0.39, 0.29) is 31.3 Å². The van der Waals surface area contributed by atoms with E-state index in [9.17, 15) is 0 Å². The van der Waals surface area contributed by atoms with Gasteiger partial charge in [-0.1, -0.05) is 96.8 Å². The number of allylic oxidation sites excluding steroid dienone is 6. The summed E-state index contributed by atoms with van der Waals surface area (Å²) in [6, 6.07) is 8.82. The van der Waals surface area contributed by atoms with E-state index >= 15 is 0 Å². The van der Waals surface area contributed by atoms with Crippen molar-refractivity contribution >= 4 is 5.57 Å². The molecule has 2 aliphatic rings. The molecule has 0 aliphatic heterocycles. The first kappa shape index (κ1) is 23.3. The van der Waals surface area contributed by atoms with Gasteiger partial charge in [-0.3, -0.25) is 12.2 Å². The van der Waals surface area contributed by atoms with Crippen molar-refractivity contribution in [3.8, 4) is 0 Å². The van der Waals surface area contributed by atoms with Gasteiger partial charge in [0.25, 0.3) is 0 Å². The van der Waals surface area contributed by atoms with E-state index in [1.165, 1.54) is 59.1 Å². The fourth-order valence-electron chi connectivity index (χ4n) is 3.82. The van der Waals surface area contributed by atoms with Gasteiger partial charge < -0.3 is 0 Å². The summed E-state index contributed by atoms with van der Waals surface area (Å²) < 4.78 is 0. The molecule has 1 aromatic rings. The first-order chi connectivity index (χ1) is 11.8. The molecule has 0 radical (unpaired) electrons. The first-order valence-electron chi connectivity index (χ1n) is 9.83. The zero-order valence-electron chi connectivity index (χ0n) is 17.7. The minimum Gasteiger partial charge on any atom is -0.265 e. The van der Waals surface area contributed by atoms with Crippen LogP contribution in [-0.4, -0.2) is 0 Å². The minimum absolute atomic E-state index is 0. The Hall–Kier alpha value is -0.690. The Morgan fingerprint density at radius 2 is 1.65 bits per heavy atom. The summed E-state index contributed by atoms with van der Waals surface area (Å²) in [6.45, 7) is 15.4. The van der Waals surface area contributed by atoms with Crippen LogP contribution >= 0.6 is 0 Å². The minimum atomic E-state index is 0. The maximum absolute atomic E-state index is 3.67. The topological polar surface area (TPSA) is 0 Å². The van der Waals surface area contributed by atoms with Crippen molar-refractivity contribution in [3.05, 3.63) is 64.3 Å². The summed E-state index contributed by atoms with van der Waals surface area (Å²) in [5.74, 6) is 0.563. The molecule has 0 saturated carbocycles. The van der Waals surface area contributed by atoms with E-state index in [1.54, 1.807) is 0 Å². The van der Waals surface area contributed by atoms with Gasteiger partial charge in [-0.05, 0) is 0 Å². The molecular weight excluding hydrogens is 479 g/mol. The fraction of sp³-hybridized carbons (Fsp3) is 0.520. The fourth-order valence-corrected chi connectivity index (χ4v) is 3.82. The van der Waals surface area contributed by atoms with E-state index in [0.717, 1.165) is 0 Å². The predicted molar refractivity (Wildman–Crippen MR) is 110 cm³/mol. The second-order valence-corrected chi connectivity index (χ2v) is 7.93. The summed E-state index contributed by atoms with van der Waals surface area (Å²) in [5, 5.41) is 0. The van der Waals surface area contributed by atoms with E-state index in [2.05, 4.69) is 84.9 Å². The average Bonchev–Trinajstić information content (AvgIpc) is 3.00. The molecule has 0 bridgehead atoms. The summed E-state index contributed by atoms with van der Waals surface area (Å²) in [4.78, 5) is 0. The van der Waals surface area contributed by atoms with Crippen molar-refractivity contribution in [2.45, 2.75) is 80.1 Å². The molecule has 0 nitrogen and oxygen atoms in total. The number of hydrogen-bond acceptors (Lipinski definition) is 0. The van der Waals surface area contributed by atoms with Crippen LogP contribution in [0.15, 0.2) is 41.0 Å². The third-order valence-electron chi connectivity index (χ3n) is 5.65. The molecule has 26 heavy (non-hydrogen) atoms. The molecule has 0 fully saturated rings. The third-order valence-corrected chi connectivity index (χ3v) is 5.65. The first-order valence-corrected chi connectivity index (χ1v) is 9.83. The van der Waals surface area contributed by atoms with Crippen LogP contribution in [0, 0.1) is 17.6 Å². The summed E-state index contributed by atoms with van der Waals surface area (Å²) in [7, 11) is 0. The SMILES string of the molecule is CC1=[C-]C(C)(C)C(C)=C1C.CCCC1=[C-]C(CCC)c2ccccc21.[Hf]. The molecule has 1 aromatic carbocycles. The maximum atomic E-state index is 3.67.